The summed E-state index contributed by atoms with van der Waals surface area (Å²) in [7, 11) is 1.53. The molecule has 0 unspecified atom stereocenters. The third-order valence-corrected chi connectivity index (χ3v) is 6.86. The summed E-state index contributed by atoms with van der Waals surface area (Å²) in [5, 5.41) is 9.89. The number of hydrogen-bond donors (Lipinski definition) is 1. The first kappa shape index (κ1) is 19.8. The van der Waals surface area contributed by atoms with Gasteiger partial charge in [0.1, 0.15) is 17.5 Å². The van der Waals surface area contributed by atoms with Gasteiger partial charge in [-0.3, -0.25) is 9.69 Å². The third-order valence-electron chi connectivity index (χ3n) is 6.86. The Balaban J connectivity index is 1.66. The standard InChI is InChI=1S/C23H25N5O3/c1-13-7-8-23(20-14(13)5-6-17(25)15(20)11-24)10-18-16(12-31-23)21(27-22(26-18)30-2)28-9-3-4-19(28)29/h5-6,13H,3-4,7-10,12,25H2,1-2H3/t13-,23-/m0/s1. The van der Waals surface area contributed by atoms with Gasteiger partial charge in [-0.05, 0) is 36.8 Å². The number of nitrogens with two attached hydrogens (primary N) is 1. The van der Waals surface area contributed by atoms with E-state index in [9.17, 15) is 10.1 Å². The zero-order valence-corrected chi connectivity index (χ0v) is 17.8. The topological polar surface area (TPSA) is 114 Å². The summed E-state index contributed by atoms with van der Waals surface area (Å²) in [6.07, 6.45) is 3.51. The quantitative estimate of drug-likeness (QED) is 0.744. The van der Waals surface area contributed by atoms with Gasteiger partial charge in [-0.1, -0.05) is 13.0 Å². The van der Waals surface area contributed by atoms with E-state index >= 15 is 0 Å². The summed E-state index contributed by atoms with van der Waals surface area (Å²) >= 11 is 0. The van der Waals surface area contributed by atoms with Crippen LogP contribution in [0.3, 0.4) is 0 Å². The number of aromatic nitrogens is 2. The SMILES string of the molecule is COc1nc2c(c(N3CCCC3=O)n1)CO[C@@]1(CC[C@H](C)c3ccc(N)c(C#N)c31)C2. The number of anilines is 2. The van der Waals surface area contributed by atoms with Crippen molar-refractivity contribution in [2.45, 2.75) is 57.2 Å². The Bertz CT molecular complexity index is 1130. The molecule has 1 saturated heterocycles. The van der Waals surface area contributed by atoms with Crippen molar-refractivity contribution in [3.63, 3.8) is 0 Å². The minimum atomic E-state index is -0.680. The van der Waals surface area contributed by atoms with Crippen molar-refractivity contribution in [3.8, 4) is 12.1 Å². The molecular weight excluding hydrogens is 394 g/mol. The van der Waals surface area contributed by atoms with E-state index in [1.165, 1.54) is 7.11 Å². The first-order valence-electron chi connectivity index (χ1n) is 10.7. The molecule has 8 nitrogen and oxygen atoms in total. The largest absolute Gasteiger partial charge is 0.467 e. The number of ether oxygens (including phenoxy) is 2. The van der Waals surface area contributed by atoms with Gasteiger partial charge in [0.15, 0.2) is 0 Å². The lowest BCUT2D eigenvalue weighted by Crippen LogP contribution is -2.42. The van der Waals surface area contributed by atoms with E-state index in [0.29, 0.717) is 42.4 Å². The second-order valence-corrected chi connectivity index (χ2v) is 8.61. The van der Waals surface area contributed by atoms with Gasteiger partial charge in [0.25, 0.3) is 0 Å². The Labute approximate surface area is 181 Å². The van der Waals surface area contributed by atoms with Crippen molar-refractivity contribution >= 4 is 17.4 Å². The van der Waals surface area contributed by atoms with Crippen LogP contribution in [0.5, 0.6) is 6.01 Å². The Kier molecular flexibility index (Phi) is 4.59. The van der Waals surface area contributed by atoms with Crippen LogP contribution in [-0.2, 0) is 28.2 Å². The van der Waals surface area contributed by atoms with Crippen LogP contribution in [0, 0.1) is 11.3 Å². The molecule has 3 aliphatic rings. The number of rotatable bonds is 2. The Hall–Kier alpha value is -3.18. The normalized spacial score (nSPS) is 24.6. The molecule has 31 heavy (non-hydrogen) atoms. The third kappa shape index (κ3) is 2.95. The van der Waals surface area contributed by atoms with Crippen molar-refractivity contribution in [1.82, 2.24) is 9.97 Å². The average Bonchev–Trinajstić information content (AvgIpc) is 3.21. The molecule has 3 heterocycles. The zero-order chi connectivity index (χ0) is 21.8. The lowest BCUT2D eigenvalue weighted by atomic mass is 9.69. The van der Waals surface area contributed by atoms with Crippen molar-refractivity contribution < 1.29 is 14.3 Å². The first-order chi connectivity index (χ1) is 15.0. The summed E-state index contributed by atoms with van der Waals surface area (Å²) in [6, 6.07) is 6.38. The molecule has 0 saturated carbocycles. The Morgan fingerprint density at radius 2 is 2.23 bits per heavy atom. The fraction of sp³-hybridized carbons (Fsp3) is 0.478. The molecule has 2 aromatic rings. The molecule has 1 aromatic carbocycles. The number of carbonyl (C=O) groups is 1. The maximum absolute atomic E-state index is 12.4. The first-order valence-corrected chi connectivity index (χ1v) is 10.7. The molecule has 2 atom stereocenters. The van der Waals surface area contributed by atoms with E-state index in [-0.39, 0.29) is 18.5 Å². The number of carbonyl (C=O) groups excluding carboxylic acids is 1. The van der Waals surface area contributed by atoms with E-state index in [1.54, 1.807) is 4.90 Å². The number of fused-ring (bicyclic) bond motifs is 3. The molecule has 1 amide bonds. The molecular formula is C23H25N5O3. The summed E-state index contributed by atoms with van der Waals surface area (Å²) in [6.45, 7) is 3.07. The Morgan fingerprint density at radius 1 is 1.39 bits per heavy atom. The molecule has 1 fully saturated rings. The molecule has 160 valence electrons. The summed E-state index contributed by atoms with van der Waals surface area (Å²) in [5.74, 6) is 0.951. The second kappa shape index (κ2) is 7.20. The van der Waals surface area contributed by atoms with Crippen LogP contribution in [0.15, 0.2) is 12.1 Å². The molecule has 2 N–H and O–H groups in total. The molecule has 1 spiro atoms. The Morgan fingerprint density at radius 3 is 2.94 bits per heavy atom. The minimum Gasteiger partial charge on any atom is -0.467 e. The monoisotopic (exact) mass is 419 g/mol. The summed E-state index contributed by atoms with van der Waals surface area (Å²) in [4.78, 5) is 23.3. The van der Waals surface area contributed by atoms with Gasteiger partial charge in [0.05, 0.1) is 25.0 Å². The lowest BCUT2D eigenvalue weighted by molar-refractivity contribution is -0.117. The van der Waals surface area contributed by atoms with Crippen LogP contribution in [0.4, 0.5) is 11.5 Å². The van der Waals surface area contributed by atoms with Crippen molar-refractivity contribution in [3.05, 3.63) is 40.1 Å². The molecule has 1 aliphatic carbocycles. The number of nitrogen functional groups attached to an aromatic ring is 1. The van der Waals surface area contributed by atoms with Gasteiger partial charge in [-0.15, -0.1) is 0 Å². The van der Waals surface area contributed by atoms with Crippen LogP contribution < -0.4 is 15.4 Å². The van der Waals surface area contributed by atoms with Crippen LogP contribution >= 0.6 is 0 Å². The number of amides is 1. The number of methoxy groups -OCH3 is 1. The molecule has 2 aliphatic heterocycles. The fourth-order valence-corrected chi connectivity index (χ4v) is 5.22. The number of hydrogen-bond acceptors (Lipinski definition) is 7. The molecule has 0 radical (unpaired) electrons. The zero-order valence-electron chi connectivity index (χ0n) is 17.8. The van der Waals surface area contributed by atoms with E-state index in [2.05, 4.69) is 23.0 Å². The highest BCUT2D eigenvalue weighted by molar-refractivity contribution is 5.95. The van der Waals surface area contributed by atoms with E-state index in [0.717, 1.165) is 41.6 Å². The maximum Gasteiger partial charge on any atom is 0.318 e. The smallest absolute Gasteiger partial charge is 0.318 e. The molecule has 8 heteroatoms. The highest BCUT2D eigenvalue weighted by atomic mass is 16.5. The maximum atomic E-state index is 12.4. The number of benzene rings is 1. The van der Waals surface area contributed by atoms with Crippen LogP contribution in [0.1, 0.15) is 66.5 Å². The summed E-state index contributed by atoms with van der Waals surface area (Å²) in [5.41, 5.74) is 10.1. The predicted molar refractivity (Wildman–Crippen MR) is 114 cm³/mol. The van der Waals surface area contributed by atoms with Crippen LogP contribution in [0.25, 0.3) is 0 Å². The fourth-order valence-electron chi connectivity index (χ4n) is 5.22. The van der Waals surface area contributed by atoms with E-state index in [1.807, 2.05) is 12.1 Å². The predicted octanol–water partition coefficient (Wildman–Crippen LogP) is 2.93. The van der Waals surface area contributed by atoms with Gasteiger partial charge in [0.2, 0.25) is 5.91 Å². The number of nitrogens with zero attached hydrogens (tertiary/aromatic N) is 4. The lowest BCUT2D eigenvalue weighted by Gasteiger charge is -2.44. The van der Waals surface area contributed by atoms with Gasteiger partial charge >= 0.3 is 6.01 Å². The van der Waals surface area contributed by atoms with Gasteiger partial charge in [-0.25, -0.2) is 0 Å². The second-order valence-electron chi connectivity index (χ2n) is 8.61. The minimum absolute atomic E-state index is 0.0552. The molecule has 0 bridgehead atoms. The van der Waals surface area contributed by atoms with Crippen LogP contribution in [-0.4, -0.2) is 29.5 Å². The van der Waals surface area contributed by atoms with Crippen molar-refractivity contribution in [2.24, 2.45) is 0 Å². The van der Waals surface area contributed by atoms with Crippen molar-refractivity contribution in [2.75, 3.05) is 24.3 Å². The van der Waals surface area contributed by atoms with Gasteiger partial charge in [0, 0.05) is 36.2 Å². The number of nitriles is 1. The van der Waals surface area contributed by atoms with Gasteiger partial charge < -0.3 is 15.2 Å². The average molecular weight is 419 g/mol. The highest BCUT2D eigenvalue weighted by Gasteiger charge is 2.46. The van der Waals surface area contributed by atoms with Gasteiger partial charge in [-0.2, -0.15) is 15.2 Å². The summed E-state index contributed by atoms with van der Waals surface area (Å²) < 4.78 is 11.9. The van der Waals surface area contributed by atoms with E-state index in [4.69, 9.17) is 15.2 Å². The molecule has 1 aromatic heterocycles. The van der Waals surface area contributed by atoms with Crippen LogP contribution in [0.2, 0.25) is 0 Å². The van der Waals surface area contributed by atoms with Crippen molar-refractivity contribution in [1.29, 1.82) is 5.26 Å². The van der Waals surface area contributed by atoms with E-state index < -0.39 is 5.60 Å². The molecule has 5 rings (SSSR count). The highest BCUT2D eigenvalue weighted by Crippen LogP contribution is 2.51.